The van der Waals surface area contributed by atoms with E-state index >= 15 is 0 Å². The van der Waals surface area contributed by atoms with E-state index in [1.807, 2.05) is 22.6 Å². The maximum atomic E-state index is 13.3. The van der Waals surface area contributed by atoms with Crippen LogP contribution in [-0.2, 0) is 0 Å². The number of benzene rings is 1. The van der Waals surface area contributed by atoms with E-state index in [9.17, 15) is 4.39 Å². The zero-order valence-electron chi connectivity index (χ0n) is 6.68. The van der Waals surface area contributed by atoms with Crippen molar-refractivity contribution in [1.82, 2.24) is 0 Å². The van der Waals surface area contributed by atoms with Gasteiger partial charge in [0.25, 0.3) is 0 Å². The second-order valence-electron chi connectivity index (χ2n) is 2.59. The van der Waals surface area contributed by atoms with Crippen LogP contribution in [-0.4, -0.2) is 17.2 Å². The van der Waals surface area contributed by atoms with E-state index in [-0.39, 0.29) is 5.46 Å². The average Bonchev–Trinajstić information content (AvgIpc) is 2.01. The Hall–Kier alpha value is 0.345. The monoisotopic (exact) mass is 358 g/mol. The fraction of sp³-hybridized carbons (Fsp3) is 0.143. The molecule has 1 aromatic carbocycles. The van der Waals surface area contributed by atoms with Gasteiger partial charge in [-0.05, 0) is 57.1 Å². The van der Waals surface area contributed by atoms with Gasteiger partial charge in [-0.15, -0.1) is 0 Å². The zero-order chi connectivity index (χ0) is 10.2. The van der Waals surface area contributed by atoms with Crippen molar-refractivity contribution in [3.63, 3.8) is 0 Å². The number of halogens is 3. The van der Waals surface area contributed by atoms with E-state index in [0.29, 0.717) is 10.0 Å². The Morgan fingerprint density at radius 2 is 2.08 bits per heavy atom. The topological polar surface area (TPSA) is 40.5 Å². The molecule has 0 fully saturated rings. The molecule has 0 heterocycles. The van der Waals surface area contributed by atoms with Crippen LogP contribution in [0.1, 0.15) is 5.56 Å². The van der Waals surface area contributed by atoms with Crippen molar-refractivity contribution in [2.45, 2.75) is 6.92 Å². The summed E-state index contributed by atoms with van der Waals surface area (Å²) < 4.78 is 14.5. The van der Waals surface area contributed by atoms with Gasteiger partial charge in [0.05, 0.1) is 0 Å². The Labute approximate surface area is 97.6 Å². The third-order valence-electron chi connectivity index (χ3n) is 1.63. The maximum absolute atomic E-state index is 13.3. The molecule has 6 heteroatoms. The van der Waals surface area contributed by atoms with E-state index < -0.39 is 12.9 Å². The molecule has 1 rings (SSSR count). The molecule has 0 saturated carbocycles. The highest BCUT2D eigenvalue weighted by Crippen LogP contribution is 2.20. The summed E-state index contributed by atoms with van der Waals surface area (Å²) in [5.41, 5.74) is 0.292. The summed E-state index contributed by atoms with van der Waals surface area (Å²) in [6.07, 6.45) is 0. The lowest BCUT2D eigenvalue weighted by molar-refractivity contribution is 0.422. The molecule has 0 saturated heterocycles. The average molecular weight is 359 g/mol. The van der Waals surface area contributed by atoms with Crippen LogP contribution in [0.4, 0.5) is 4.39 Å². The molecule has 0 aromatic heterocycles. The summed E-state index contributed by atoms with van der Waals surface area (Å²) in [5, 5.41) is 17.8. The van der Waals surface area contributed by atoms with Gasteiger partial charge in [-0.3, -0.25) is 0 Å². The third-order valence-corrected chi connectivity index (χ3v) is 4.08. The van der Waals surface area contributed by atoms with Crippen LogP contribution in [0.5, 0.6) is 0 Å². The molecule has 0 aliphatic rings. The molecular formula is C7H6BBrFIO2. The van der Waals surface area contributed by atoms with Crippen molar-refractivity contribution >= 4 is 51.1 Å². The Kier molecular flexibility index (Phi) is 3.73. The van der Waals surface area contributed by atoms with Crippen LogP contribution < -0.4 is 5.46 Å². The van der Waals surface area contributed by atoms with E-state index in [4.69, 9.17) is 10.0 Å². The minimum atomic E-state index is -1.79. The lowest BCUT2D eigenvalue weighted by Gasteiger charge is -2.09. The normalized spacial score (nSPS) is 10.3. The van der Waals surface area contributed by atoms with E-state index in [2.05, 4.69) is 15.9 Å². The maximum Gasteiger partial charge on any atom is 0.492 e. The summed E-state index contributed by atoms with van der Waals surface area (Å²) >= 11 is 5.09. The Morgan fingerprint density at radius 1 is 1.54 bits per heavy atom. The minimum absolute atomic E-state index is 0.107. The van der Waals surface area contributed by atoms with Crippen LogP contribution in [0.3, 0.4) is 0 Å². The molecule has 0 atom stereocenters. The summed E-state index contributed by atoms with van der Waals surface area (Å²) in [7, 11) is -1.79. The molecule has 0 aliphatic carbocycles. The summed E-state index contributed by atoms with van der Waals surface area (Å²) in [6, 6.07) is 1.63. The van der Waals surface area contributed by atoms with Gasteiger partial charge in [0.2, 0.25) is 0 Å². The van der Waals surface area contributed by atoms with Gasteiger partial charge in [0.1, 0.15) is 5.82 Å². The quantitative estimate of drug-likeness (QED) is 0.450. The molecule has 0 unspecified atom stereocenters. The first kappa shape index (κ1) is 11.4. The van der Waals surface area contributed by atoms with Gasteiger partial charge in [-0.1, -0.05) is 0 Å². The number of rotatable bonds is 1. The SMILES string of the molecule is Cc1cc(I)c(Br)c(B(O)O)c1F. The van der Waals surface area contributed by atoms with Crippen LogP contribution >= 0.6 is 38.5 Å². The lowest BCUT2D eigenvalue weighted by Crippen LogP contribution is -2.35. The highest BCUT2D eigenvalue weighted by Gasteiger charge is 2.23. The molecule has 2 nitrogen and oxygen atoms in total. The van der Waals surface area contributed by atoms with Gasteiger partial charge in [0.15, 0.2) is 0 Å². The van der Waals surface area contributed by atoms with Gasteiger partial charge in [-0.25, -0.2) is 4.39 Å². The molecule has 0 spiro atoms. The largest absolute Gasteiger partial charge is 0.492 e. The molecule has 0 amide bonds. The van der Waals surface area contributed by atoms with Gasteiger partial charge >= 0.3 is 7.12 Å². The van der Waals surface area contributed by atoms with Crippen LogP contribution in [0, 0.1) is 16.3 Å². The molecule has 2 N–H and O–H groups in total. The molecule has 0 bridgehead atoms. The summed E-state index contributed by atoms with van der Waals surface area (Å²) in [5.74, 6) is -0.581. The van der Waals surface area contributed by atoms with Crippen molar-refractivity contribution < 1.29 is 14.4 Å². The highest BCUT2D eigenvalue weighted by atomic mass is 127. The molecule has 0 aliphatic heterocycles. The van der Waals surface area contributed by atoms with E-state index in [1.54, 1.807) is 13.0 Å². The Bertz CT molecular complexity index is 320. The van der Waals surface area contributed by atoms with Crippen molar-refractivity contribution in [1.29, 1.82) is 0 Å². The first-order valence-corrected chi connectivity index (χ1v) is 5.32. The Morgan fingerprint density at radius 3 is 2.54 bits per heavy atom. The predicted molar refractivity (Wildman–Crippen MR) is 61.4 cm³/mol. The number of hydrogen-bond acceptors (Lipinski definition) is 2. The molecule has 0 radical (unpaired) electrons. The predicted octanol–water partition coefficient (Wildman–Crippen LogP) is 1.18. The van der Waals surface area contributed by atoms with Crippen molar-refractivity contribution in [3.05, 3.63) is 25.5 Å². The van der Waals surface area contributed by atoms with Gasteiger partial charge in [0, 0.05) is 13.5 Å². The first-order chi connectivity index (χ1) is 5.95. The van der Waals surface area contributed by atoms with Gasteiger partial charge < -0.3 is 10.0 Å². The fourth-order valence-electron chi connectivity index (χ4n) is 0.981. The third kappa shape index (κ3) is 2.23. The van der Waals surface area contributed by atoms with Crippen molar-refractivity contribution in [2.75, 3.05) is 0 Å². The molecule has 13 heavy (non-hydrogen) atoms. The van der Waals surface area contributed by atoms with Crippen LogP contribution in [0.15, 0.2) is 10.5 Å². The summed E-state index contributed by atoms with van der Waals surface area (Å²) in [6.45, 7) is 1.58. The Balaban J connectivity index is 3.46. The number of aryl methyl sites for hydroxylation is 1. The first-order valence-electron chi connectivity index (χ1n) is 3.45. The second-order valence-corrected chi connectivity index (χ2v) is 4.55. The zero-order valence-corrected chi connectivity index (χ0v) is 10.4. The standard InChI is InChI=1S/C7H6BBrFIO2/c1-3-2-4(11)6(9)5(7(3)10)8(12)13/h2,12-13H,1H3. The molecule has 70 valence electrons. The smallest absolute Gasteiger partial charge is 0.423 e. The highest BCUT2D eigenvalue weighted by molar-refractivity contribution is 14.1. The number of hydrogen-bond donors (Lipinski definition) is 2. The molecular weight excluding hydrogens is 353 g/mol. The molecule has 1 aromatic rings. The fourth-order valence-corrected chi connectivity index (χ4v) is 2.23. The van der Waals surface area contributed by atoms with Crippen molar-refractivity contribution in [2.24, 2.45) is 0 Å². The van der Waals surface area contributed by atoms with Crippen molar-refractivity contribution in [3.8, 4) is 0 Å². The minimum Gasteiger partial charge on any atom is -0.423 e. The van der Waals surface area contributed by atoms with E-state index in [1.165, 1.54) is 0 Å². The van der Waals surface area contributed by atoms with Crippen LogP contribution in [0.2, 0.25) is 0 Å². The van der Waals surface area contributed by atoms with E-state index in [0.717, 1.165) is 3.57 Å². The van der Waals surface area contributed by atoms with Gasteiger partial charge in [-0.2, -0.15) is 0 Å². The van der Waals surface area contributed by atoms with Crippen LogP contribution in [0.25, 0.3) is 0 Å². The lowest BCUT2D eigenvalue weighted by atomic mass is 9.79. The summed E-state index contributed by atoms with van der Waals surface area (Å²) in [4.78, 5) is 0. The second kappa shape index (κ2) is 4.25.